The summed E-state index contributed by atoms with van der Waals surface area (Å²) in [5, 5.41) is 3.62. The predicted octanol–water partition coefficient (Wildman–Crippen LogP) is 2.09. The highest BCUT2D eigenvalue weighted by molar-refractivity contribution is 7.91. The van der Waals surface area contributed by atoms with E-state index in [1.54, 1.807) is 19.3 Å². The first-order valence-corrected chi connectivity index (χ1v) is 8.52. The largest absolute Gasteiger partial charge is 0.382 e. The number of nitrogens with zero attached hydrogens (tertiary/aromatic N) is 2. The van der Waals surface area contributed by atoms with Gasteiger partial charge in [0.1, 0.15) is 9.90 Å². The van der Waals surface area contributed by atoms with Gasteiger partial charge in [-0.1, -0.05) is 13.0 Å². The van der Waals surface area contributed by atoms with Crippen LogP contribution in [0.5, 0.6) is 0 Å². The zero-order chi connectivity index (χ0) is 14.8. The summed E-state index contributed by atoms with van der Waals surface area (Å²) in [5.74, 6) is 0.0451. The van der Waals surface area contributed by atoms with Crippen molar-refractivity contribution in [3.63, 3.8) is 0 Å². The van der Waals surface area contributed by atoms with Gasteiger partial charge in [0.15, 0.2) is 15.7 Å². The van der Waals surface area contributed by atoms with E-state index in [1.807, 2.05) is 19.1 Å². The molecule has 2 rings (SSSR count). The molecule has 0 aliphatic rings. The lowest BCUT2D eigenvalue weighted by Gasteiger charge is -2.14. The maximum Gasteiger partial charge on any atom is 0.184 e. The van der Waals surface area contributed by atoms with Gasteiger partial charge in [0.05, 0.1) is 11.8 Å². The highest BCUT2D eigenvalue weighted by Gasteiger charge is 2.24. The van der Waals surface area contributed by atoms with Gasteiger partial charge >= 0.3 is 0 Å². The highest BCUT2D eigenvalue weighted by atomic mass is 32.2. The minimum Gasteiger partial charge on any atom is -0.382 e. The van der Waals surface area contributed by atoms with Crippen molar-refractivity contribution < 1.29 is 8.42 Å². The normalized spacial score (nSPS) is 13.1. The van der Waals surface area contributed by atoms with Crippen LogP contribution < -0.4 is 11.1 Å². The number of hydrogen-bond donors (Lipinski definition) is 2. The summed E-state index contributed by atoms with van der Waals surface area (Å²) in [6, 6.07) is 3.66. The summed E-state index contributed by atoms with van der Waals surface area (Å²) < 4.78 is 28.1. The molecule has 6 nitrogen and oxygen atoms in total. The van der Waals surface area contributed by atoms with Crippen LogP contribution in [0.25, 0.3) is 0 Å². The van der Waals surface area contributed by atoms with Crippen molar-refractivity contribution in [1.82, 2.24) is 9.36 Å². The molecule has 8 heteroatoms. The zero-order valence-corrected chi connectivity index (χ0v) is 12.8. The summed E-state index contributed by atoms with van der Waals surface area (Å²) in [6.45, 7) is 3.51. The van der Waals surface area contributed by atoms with Crippen LogP contribution in [0.15, 0.2) is 29.4 Å². The smallest absolute Gasteiger partial charge is 0.184 e. The Bertz CT molecular complexity index is 683. The fraction of sp³-hybridized carbons (Fsp3) is 0.333. The number of pyridine rings is 1. The van der Waals surface area contributed by atoms with Gasteiger partial charge in [-0.15, -0.1) is 0 Å². The third-order valence-electron chi connectivity index (χ3n) is 2.90. The summed E-state index contributed by atoms with van der Waals surface area (Å²) >= 11 is 1.06. The maximum atomic E-state index is 12.1. The number of rotatable bonds is 5. The molecule has 0 aliphatic heterocycles. The fourth-order valence-electron chi connectivity index (χ4n) is 1.74. The first kappa shape index (κ1) is 14.7. The number of sulfone groups is 1. The van der Waals surface area contributed by atoms with Gasteiger partial charge in [0, 0.05) is 12.4 Å². The molecule has 0 bridgehead atoms. The van der Waals surface area contributed by atoms with E-state index in [-0.39, 0.29) is 22.5 Å². The molecule has 0 aromatic carbocycles. The van der Waals surface area contributed by atoms with E-state index in [9.17, 15) is 8.42 Å². The second-order valence-electron chi connectivity index (χ2n) is 4.28. The first-order chi connectivity index (χ1) is 9.45. The average Bonchev–Trinajstić information content (AvgIpc) is 2.81. The minimum atomic E-state index is -3.40. The van der Waals surface area contributed by atoms with Crippen molar-refractivity contribution in [1.29, 1.82) is 0 Å². The van der Waals surface area contributed by atoms with Crippen LogP contribution in [0.3, 0.4) is 0 Å². The topological polar surface area (TPSA) is 98.0 Å². The SMILES string of the molecule is CCS(=O)(=O)c1c(N)nsc1NC(C)c1cccnc1. The van der Waals surface area contributed by atoms with Crippen molar-refractivity contribution in [2.75, 3.05) is 16.8 Å². The fourth-order valence-corrected chi connectivity index (χ4v) is 3.99. The highest BCUT2D eigenvalue weighted by Crippen LogP contribution is 2.34. The molecular weight excluding hydrogens is 296 g/mol. The van der Waals surface area contributed by atoms with Crippen molar-refractivity contribution in [2.24, 2.45) is 0 Å². The number of nitrogen functional groups attached to an aromatic ring is 1. The third kappa shape index (κ3) is 2.91. The molecule has 1 atom stereocenters. The Morgan fingerprint density at radius 3 is 2.85 bits per heavy atom. The Kier molecular flexibility index (Phi) is 4.24. The Labute approximate surface area is 122 Å². The molecule has 0 amide bonds. The van der Waals surface area contributed by atoms with Crippen molar-refractivity contribution >= 4 is 32.2 Å². The zero-order valence-electron chi connectivity index (χ0n) is 11.2. The lowest BCUT2D eigenvalue weighted by molar-refractivity contribution is 0.598. The van der Waals surface area contributed by atoms with Crippen molar-refractivity contribution in [3.8, 4) is 0 Å². The van der Waals surface area contributed by atoms with Gasteiger partial charge in [0.2, 0.25) is 0 Å². The predicted molar refractivity (Wildman–Crippen MR) is 80.5 cm³/mol. The molecule has 0 fully saturated rings. The number of hydrogen-bond acceptors (Lipinski definition) is 7. The number of nitrogens with two attached hydrogens (primary N) is 1. The average molecular weight is 312 g/mol. The number of anilines is 2. The van der Waals surface area contributed by atoms with Crippen molar-refractivity contribution in [3.05, 3.63) is 30.1 Å². The van der Waals surface area contributed by atoms with E-state index in [2.05, 4.69) is 14.7 Å². The van der Waals surface area contributed by atoms with Crippen LogP contribution in [0.1, 0.15) is 25.5 Å². The molecule has 2 heterocycles. The summed E-state index contributed by atoms with van der Waals surface area (Å²) in [7, 11) is -3.40. The summed E-state index contributed by atoms with van der Waals surface area (Å²) in [5.41, 5.74) is 6.64. The van der Waals surface area contributed by atoms with E-state index in [1.165, 1.54) is 0 Å². The van der Waals surface area contributed by atoms with E-state index in [0.717, 1.165) is 17.1 Å². The van der Waals surface area contributed by atoms with Gasteiger partial charge in [-0.25, -0.2) is 8.42 Å². The van der Waals surface area contributed by atoms with Gasteiger partial charge < -0.3 is 11.1 Å². The van der Waals surface area contributed by atoms with E-state index < -0.39 is 9.84 Å². The van der Waals surface area contributed by atoms with Gasteiger partial charge in [-0.05, 0) is 30.1 Å². The van der Waals surface area contributed by atoms with E-state index in [4.69, 9.17) is 5.73 Å². The Morgan fingerprint density at radius 1 is 1.50 bits per heavy atom. The molecule has 0 saturated heterocycles. The minimum absolute atomic E-state index is 0.00837. The van der Waals surface area contributed by atoms with Crippen LogP contribution in [0, 0.1) is 0 Å². The van der Waals surface area contributed by atoms with Crippen molar-refractivity contribution in [2.45, 2.75) is 24.8 Å². The first-order valence-electron chi connectivity index (χ1n) is 6.10. The lowest BCUT2D eigenvalue weighted by Crippen LogP contribution is -2.11. The molecule has 3 N–H and O–H groups in total. The quantitative estimate of drug-likeness (QED) is 0.877. The third-order valence-corrected chi connectivity index (χ3v) is 5.61. The maximum absolute atomic E-state index is 12.1. The second kappa shape index (κ2) is 5.76. The molecule has 0 radical (unpaired) electrons. The monoisotopic (exact) mass is 312 g/mol. The number of nitrogens with one attached hydrogen (secondary N) is 1. The molecule has 0 aliphatic carbocycles. The van der Waals surface area contributed by atoms with Gasteiger partial charge in [-0.2, -0.15) is 4.37 Å². The summed E-state index contributed by atoms with van der Waals surface area (Å²) in [6.07, 6.45) is 3.42. The Morgan fingerprint density at radius 2 is 2.25 bits per heavy atom. The molecule has 0 saturated carbocycles. The van der Waals surface area contributed by atoms with Crippen LogP contribution >= 0.6 is 11.5 Å². The molecule has 20 heavy (non-hydrogen) atoms. The molecule has 108 valence electrons. The van der Waals surface area contributed by atoms with Crippen LogP contribution in [0.2, 0.25) is 0 Å². The summed E-state index contributed by atoms with van der Waals surface area (Å²) in [4.78, 5) is 4.14. The molecule has 2 aromatic heterocycles. The van der Waals surface area contributed by atoms with Gasteiger partial charge in [0.25, 0.3) is 0 Å². The van der Waals surface area contributed by atoms with Crippen LogP contribution in [0.4, 0.5) is 10.8 Å². The van der Waals surface area contributed by atoms with Crippen LogP contribution in [-0.2, 0) is 9.84 Å². The Balaban J connectivity index is 2.32. The number of aromatic nitrogens is 2. The lowest BCUT2D eigenvalue weighted by atomic mass is 10.1. The van der Waals surface area contributed by atoms with Gasteiger partial charge in [-0.3, -0.25) is 4.98 Å². The standard InChI is InChI=1S/C12H16N4O2S2/c1-3-20(17,18)10-11(13)16-19-12(10)15-8(2)9-5-4-6-14-7-9/h4-8,15H,3H2,1-2H3,(H2,13,16). The molecule has 2 aromatic rings. The Hall–Kier alpha value is -1.67. The molecular formula is C12H16N4O2S2. The molecule has 1 unspecified atom stereocenters. The van der Waals surface area contributed by atoms with Crippen LogP contribution in [-0.4, -0.2) is 23.5 Å². The van der Waals surface area contributed by atoms with E-state index in [0.29, 0.717) is 5.00 Å². The second-order valence-corrected chi connectivity index (χ2v) is 7.27. The van der Waals surface area contributed by atoms with E-state index >= 15 is 0 Å². The molecule has 0 spiro atoms.